The lowest BCUT2D eigenvalue weighted by atomic mass is 10.1. The molecule has 1 nitrogen and oxygen atoms in total. The number of hydrogen-bond acceptors (Lipinski definition) is 1. The van der Waals surface area contributed by atoms with Gasteiger partial charge >= 0.3 is 0 Å². The van der Waals surface area contributed by atoms with Crippen LogP contribution in [0, 0.1) is 0 Å². The van der Waals surface area contributed by atoms with Crippen LogP contribution in [0.3, 0.4) is 0 Å². The molecule has 0 saturated carbocycles. The first-order valence-electron chi connectivity index (χ1n) is 6.73. The molecule has 0 radical (unpaired) electrons. The van der Waals surface area contributed by atoms with Gasteiger partial charge in [-0.15, -0.1) is 0 Å². The van der Waals surface area contributed by atoms with Gasteiger partial charge in [0.25, 0.3) is 0 Å². The molecule has 0 rings (SSSR count). The minimum Gasteiger partial charge on any atom is -0.414 e. The van der Waals surface area contributed by atoms with Gasteiger partial charge in [0.1, 0.15) is 0 Å². The zero-order valence-electron chi connectivity index (χ0n) is 11.5. The number of alkyl halides is 1. The van der Waals surface area contributed by atoms with Crippen molar-refractivity contribution in [1.29, 1.82) is 0 Å². The molecule has 0 saturated heterocycles. The van der Waals surface area contributed by atoms with E-state index in [2.05, 4.69) is 49.2 Å². The molecule has 0 aliphatic carbocycles. The van der Waals surface area contributed by atoms with Crippen molar-refractivity contribution in [1.82, 2.24) is 0 Å². The quantitative estimate of drug-likeness (QED) is 0.221. The molecule has 0 N–H and O–H groups in total. The van der Waals surface area contributed by atoms with Crippen molar-refractivity contribution >= 4 is 30.9 Å². The first-order chi connectivity index (χ1) is 7.49. The molecule has 0 aromatic carbocycles. The second-order valence-corrected chi connectivity index (χ2v) is 10.9. The normalized spacial score (nSPS) is 14.1. The van der Waals surface area contributed by atoms with Crippen LogP contribution in [0.15, 0.2) is 0 Å². The van der Waals surface area contributed by atoms with Crippen LogP contribution >= 0.6 is 22.6 Å². The summed E-state index contributed by atoms with van der Waals surface area (Å²) in [6.07, 6.45) is 10.1. The average molecular weight is 356 g/mol. The Balaban J connectivity index is 3.48. The summed E-state index contributed by atoms with van der Waals surface area (Å²) >= 11 is 2.46. The Labute approximate surface area is 117 Å². The Morgan fingerprint density at radius 1 is 1.00 bits per heavy atom. The topological polar surface area (TPSA) is 9.23 Å². The number of halogens is 1. The molecular formula is C13H29IOSi. The van der Waals surface area contributed by atoms with Crippen LogP contribution in [0.2, 0.25) is 19.6 Å². The van der Waals surface area contributed by atoms with E-state index in [4.69, 9.17) is 4.43 Å². The van der Waals surface area contributed by atoms with Crippen LogP contribution in [0.5, 0.6) is 0 Å². The third-order valence-electron chi connectivity index (χ3n) is 2.57. The molecular weight excluding hydrogens is 327 g/mol. The maximum absolute atomic E-state index is 6.15. The van der Waals surface area contributed by atoms with E-state index in [0.717, 1.165) is 4.43 Å². The third-order valence-corrected chi connectivity index (χ3v) is 4.59. The Morgan fingerprint density at radius 3 is 2.06 bits per heavy atom. The van der Waals surface area contributed by atoms with Crippen molar-refractivity contribution in [2.45, 2.75) is 77.6 Å². The summed E-state index contributed by atoms with van der Waals surface area (Å²) in [5.41, 5.74) is 0. The monoisotopic (exact) mass is 356 g/mol. The van der Waals surface area contributed by atoms with E-state index < -0.39 is 8.32 Å². The molecule has 0 aromatic heterocycles. The molecule has 1 atom stereocenters. The van der Waals surface area contributed by atoms with Gasteiger partial charge in [-0.2, -0.15) is 0 Å². The van der Waals surface area contributed by atoms with Gasteiger partial charge < -0.3 is 4.43 Å². The minimum absolute atomic E-state index is 0.512. The van der Waals surface area contributed by atoms with Gasteiger partial charge in [0, 0.05) is 4.43 Å². The Bertz CT molecular complexity index is 157. The molecule has 0 amide bonds. The lowest BCUT2D eigenvalue weighted by Crippen LogP contribution is -2.32. The smallest absolute Gasteiger partial charge is 0.184 e. The fraction of sp³-hybridized carbons (Fsp3) is 1.00. The van der Waals surface area contributed by atoms with Gasteiger partial charge in [0.2, 0.25) is 0 Å². The van der Waals surface area contributed by atoms with Crippen LogP contribution in [0.25, 0.3) is 0 Å². The lowest BCUT2D eigenvalue weighted by molar-refractivity contribution is 0.206. The molecule has 0 spiro atoms. The molecule has 3 heteroatoms. The van der Waals surface area contributed by atoms with Crippen molar-refractivity contribution in [2.24, 2.45) is 0 Å². The number of rotatable bonds is 10. The number of hydrogen-bond donors (Lipinski definition) is 0. The summed E-state index contributed by atoms with van der Waals surface area (Å²) in [6.45, 7) is 9.13. The molecule has 0 aliphatic rings. The molecule has 98 valence electrons. The first kappa shape index (κ1) is 16.9. The van der Waals surface area contributed by atoms with Crippen molar-refractivity contribution < 1.29 is 4.43 Å². The second-order valence-electron chi connectivity index (χ2n) is 5.56. The van der Waals surface area contributed by atoms with Crippen LogP contribution in [-0.2, 0) is 4.43 Å². The van der Waals surface area contributed by atoms with E-state index in [1.165, 1.54) is 44.9 Å². The van der Waals surface area contributed by atoms with E-state index in [0.29, 0.717) is 6.10 Å². The van der Waals surface area contributed by atoms with E-state index in [9.17, 15) is 0 Å². The van der Waals surface area contributed by atoms with E-state index >= 15 is 0 Å². The summed E-state index contributed by atoms with van der Waals surface area (Å²) < 4.78 is 7.30. The van der Waals surface area contributed by atoms with Crippen LogP contribution < -0.4 is 0 Å². The van der Waals surface area contributed by atoms with Gasteiger partial charge in [-0.25, -0.2) is 0 Å². The predicted octanol–water partition coefficient (Wildman–Crippen LogP) is 5.39. The highest BCUT2D eigenvalue weighted by molar-refractivity contribution is 14.1. The highest BCUT2D eigenvalue weighted by Crippen LogP contribution is 2.16. The summed E-state index contributed by atoms with van der Waals surface area (Å²) in [6, 6.07) is 0. The summed E-state index contributed by atoms with van der Waals surface area (Å²) in [5.74, 6) is 0. The largest absolute Gasteiger partial charge is 0.414 e. The Kier molecular flexibility index (Phi) is 10.4. The highest BCUT2D eigenvalue weighted by atomic mass is 127. The maximum Gasteiger partial charge on any atom is 0.184 e. The molecule has 0 aliphatic heterocycles. The van der Waals surface area contributed by atoms with E-state index in [1.807, 2.05) is 0 Å². The van der Waals surface area contributed by atoms with Gasteiger partial charge in [-0.1, -0.05) is 68.0 Å². The van der Waals surface area contributed by atoms with Crippen molar-refractivity contribution in [2.75, 3.05) is 4.43 Å². The lowest BCUT2D eigenvalue weighted by Gasteiger charge is -2.25. The zero-order chi connectivity index (χ0) is 12.4. The molecule has 0 bridgehead atoms. The van der Waals surface area contributed by atoms with Crippen LogP contribution in [-0.4, -0.2) is 18.8 Å². The fourth-order valence-electron chi connectivity index (χ4n) is 1.82. The SMILES string of the molecule is CCCCCCCCC(CI)O[Si](C)(C)C. The van der Waals surface area contributed by atoms with Crippen molar-refractivity contribution in [3.05, 3.63) is 0 Å². The molecule has 16 heavy (non-hydrogen) atoms. The summed E-state index contributed by atoms with van der Waals surface area (Å²) in [4.78, 5) is 0. The predicted molar refractivity (Wildman–Crippen MR) is 85.1 cm³/mol. The average Bonchev–Trinajstić information content (AvgIpc) is 2.19. The third kappa shape index (κ3) is 11.4. The second kappa shape index (κ2) is 9.89. The fourth-order valence-corrected chi connectivity index (χ4v) is 3.98. The van der Waals surface area contributed by atoms with Gasteiger partial charge in [-0.05, 0) is 26.1 Å². The van der Waals surface area contributed by atoms with E-state index in [-0.39, 0.29) is 0 Å². The van der Waals surface area contributed by atoms with Crippen molar-refractivity contribution in [3.8, 4) is 0 Å². The molecule has 0 heterocycles. The minimum atomic E-state index is -1.33. The van der Waals surface area contributed by atoms with E-state index in [1.54, 1.807) is 0 Å². The van der Waals surface area contributed by atoms with Gasteiger partial charge in [0.05, 0.1) is 6.10 Å². The zero-order valence-corrected chi connectivity index (χ0v) is 14.7. The van der Waals surface area contributed by atoms with Crippen LogP contribution in [0.1, 0.15) is 51.9 Å². The Hall–Kier alpha value is 0.907. The van der Waals surface area contributed by atoms with Crippen molar-refractivity contribution in [3.63, 3.8) is 0 Å². The standard InChI is InChI=1S/C13H29IOSi/c1-5-6-7-8-9-10-11-13(12-14)15-16(2,3)4/h13H,5-12H2,1-4H3. The van der Waals surface area contributed by atoms with Gasteiger partial charge in [0.15, 0.2) is 8.32 Å². The summed E-state index contributed by atoms with van der Waals surface area (Å²) in [5, 5.41) is 0. The molecule has 0 aromatic rings. The highest BCUT2D eigenvalue weighted by Gasteiger charge is 2.19. The van der Waals surface area contributed by atoms with Gasteiger partial charge in [-0.3, -0.25) is 0 Å². The number of unbranched alkanes of at least 4 members (excludes halogenated alkanes) is 5. The van der Waals surface area contributed by atoms with Crippen LogP contribution in [0.4, 0.5) is 0 Å². The summed E-state index contributed by atoms with van der Waals surface area (Å²) in [7, 11) is -1.33. The Morgan fingerprint density at radius 2 is 1.56 bits per heavy atom. The molecule has 1 unspecified atom stereocenters. The first-order valence-corrected chi connectivity index (χ1v) is 11.7. The maximum atomic E-state index is 6.15. The molecule has 0 fully saturated rings.